The molecule has 7 nitrogen and oxygen atoms in total. The first-order valence-corrected chi connectivity index (χ1v) is 9.12. The molecule has 0 spiro atoms. The lowest BCUT2D eigenvalue weighted by Gasteiger charge is -2.14. The molecule has 0 radical (unpaired) electrons. The third-order valence-electron chi connectivity index (χ3n) is 3.30. The summed E-state index contributed by atoms with van der Waals surface area (Å²) in [4.78, 5) is 0.0705. The maximum absolute atomic E-state index is 12.6. The van der Waals surface area contributed by atoms with Crippen molar-refractivity contribution >= 4 is 38.7 Å². The highest BCUT2D eigenvalue weighted by molar-refractivity contribution is 7.92. The molecule has 0 aliphatic carbocycles. The van der Waals surface area contributed by atoms with E-state index in [1.165, 1.54) is 19.2 Å². The zero-order valence-electron chi connectivity index (χ0n) is 14.0. The fourth-order valence-corrected chi connectivity index (χ4v) is 3.18. The molecule has 25 heavy (non-hydrogen) atoms. The summed E-state index contributed by atoms with van der Waals surface area (Å²) in [6.07, 6.45) is 0. The number of anilines is 2. The average Bonchev–Trinajstić information content (AvgIpc) is 2.62. The van der Waals surface area contributed by atoms with Crippen LogP contribution in [0.15, 0.2) is 47.4 Å². The van der Waals surface area contributed by atoms with Crippen LogP contribution in [0.1, 0.15) is 0 Å². The monoisotopic (exact) mass is 381 g/mol. The van der Waals surface area contributed by atoms with Crippen molar-refractivity contribution in [2.45, 2.75) is 4.90 Å². The maximum atomic E-state index is 12.6. The van der Waals surface area contributed by atoms with Crippen LogP contribution in [0, 0.1) is 0 Å². The maximum Gasteiger partial charge on any atom is 0.262 e. The number of rotatable bonds is 6. The Balaban J connectivity index is 2.27. The number of hydrogen-bond acceptors (Lipinski definition) is 5. The average molecular weight is 381 g/mol. The molecule has 0 aliphatic rings. The number of nitrogens with one attached hydrogen (secondary N) is 3. The first kappa shape index (κ1) is 18.8. The molecular formula is C16H19N3O4S2. The summed E-state index contributed by atoms with van der Waals surface area (Å²) in [7, 11) is 0.914. The van der Waals surface area contributed by atoms with Crippen LogP contribution < -0.4 is 24.8 Å². The van der Waals surface area contributed by atoms with Crippen molar-refractivity contribution in [3.05, 3.63) is 42.5 Å². The van der Waals surface area contributed by atoms with Crippen molar-refractivity contribution in [1.82, 2.24) is 5.32 Å². The molecule has 134 valence electrons. The standard InChI is InChI=1S/C16H19N3O4S2/c1-17-16(24)18-14-9-8-13(10-15(14)23-3)25(20,21)19-11-4-6-12(22-2)7-5-11/h4-10,19H,1-3H3,(H2,17,18,24). The van der Waals surface area contributed by atoms with Gasteiger partial charge in [0.05, 0.1) is 24.8 Å². The van der Waals surface area contributed by atoms with E-state index in [1.54, 1.807) is 44.5 Å². The van der Waals surface area contributed by atoms with Gasteiger partial charge in [-0.05, 0) is 48.6 Å². The number of thiocarbonyl (C=S) groups is 1. The topological polar surface area (TPSA) is 88.7 Å². The molecule has 0 saturated carbocycles. The number of methoxy groups -OCH3 is 2. The van der Waals surface area contributed by atoms with Crippen molar-refractivity contribution in [1.29, 1.82) is 0 Å². The van der Waals surface area contributed by atoms with E-state index in [4.69, 9.17) is 21.7 Å². The second-order valence-electron chi connectivity index (χ2n) is 4.90. The normalized spacial score (nSPS) is 10.7. The number of benzene rings is 2. The lowest BCUT2D eigenvalue weighted by molar-refractivity contribution is 0.415. The quantitative estimate of drug-likeness (QED) is 0.662. The van der Waals surface area contributed by atoms with Gasteiger partial charge in [0, 0.05) is 18.8 Å². The van der Waals surface area contributed by atoms with E-state index in [0.717, 1.165) is 0 Å². The molecule has 0 amide bonds. The van der Waals surface area contributed by atoms with Gasteiger partial charge in [-0.1, -0.05) is 0 Å². The van der Waals surface area contributed by atoms with Gasteiger partial charge in [0.25, 0.3) is 10.0 Å². The number of hydrogen-bond donors (Lipinski definition) is 3. The van der Waals surface area contributed by atoms with Gasteiger partial charge in [0.2, 0.25) is 0 Å². The molecule has 0 fully saturated rings. The Morgan fingerprint density at radius 2 is 1.72 bits per heavy atom. The van der Waals surface area contributed by atoms with E-state index in [-0.39, 0.29) is 4.90 Å². The summed E-state index contributed by atoms with van der Waals surface area (Å²) in [5, 5.41) is 6.09. The second kappa shape index (κ2) is 8.04. The van der Waals surface area contributed by atoms with Crippen molar-refractivity contribution in [2.75, 3.05) is 31.3 Å². The predicted octanol–water partition coefficient (Wildman–Crippen LogP) is 2.42. The first-order valence-electron chi connectivity index (χ1n) is 7.23. The summed E-state index contributed by atoms with van der Waals surface area (Å²) in [5.74, 6) is 0.996. The molecule has 2 aromatic carbocycles. The van der Waals surface area contributed by atoms with Crippen LogP contribution in [0.2, 0.25) is 0 Å². The highest BCUT2D eigenvalue weighted by Gasteiger charge is 2.17. The molecule has 2 rings (SSSR count). The predicted molar refractivity (Wildman–Crippen MR) is 102 cm³/mol. The van der Waals surface area contributed by atoms with Gasteiger partial charge in [-0.25, -0.2) is 8.42 Å². The van der Waals surface area contributed by atoms with E-state index >= 15 is 0 Å². The fraction of sp³-hybridized carbons (Fsp3) is 0.188. The van der Waals surface area contributed by atoms with Gasteiger partial charge in [-0.15, -0.1) is 0 Å². The van der Waals surface area contributed by atoms with Crippen LogP contribution in [-0.4, -0.2) is 34.8 Å². The summed E-state index contributed by atoms with van der Waals surface area (Å²) in [6.45, 7) is 0. The molecule has 0 aromatic heterocycles. The van der Waals surface area contributed by atoms with Gasteiger partial charge in [0.15, 0.2) is 5.11 Å². The van der Waals surface area contributed by atoms with Crippen molar-refractivity contribution in [3.8, 4) is 11.5 Å². The van der Waals surface area contributed by atoms with Crippen LogP contribution >= 0.6 is 12.2 Å². The van der Waals surface area contributed by atoms with Gasteiger partial charge in [-0.2, -0.15) is 0 Å². The lowest BCUT2D eigenvalue weighted by atomic mass is 10.3. The molecular weight excluding hydrogens is 362 g/mol. The van der Waals surface area contributed by atoms with Crippen molar-refractivity contribution < 1.29 is 17.9 Å². The molecule has 2 aromatic rings. The van der Waals surface area contributed by atoms with E-state index in [9.17, 15) is 8.42 Å². The zero-order valence-corrected chi connectivity index (χ0v) is 15.6. The molecule has 9 heteroatoms. The highest BCUT2D eigenvalue weighted by Crippen LogP contribution is 2.28. The smallest absolute Gasteiger partial charge is 0.262 e. The Morgan fingerprint density at radius 3 is 2.28 bits per heavy atom. The minimum absolute atomic E-state index is 0.0705. The summed E-state index contributed by atoms with van der Waals surface area (Å²) >= 11 is 5.04. The molecule has 3 N–H and O–H groups in total. The SMILES string of the molecule is CNC(=S)Nc1ccc(S(=O)(=O)Nc2ccc(OC)cc2)cc1OC. The summed E-state index contributed by atoms with van der Waals surface area (Å²) < 4.78 is 37.9. The molecule has 0 bridgehead atoms. The highest BCUT2D eigenvalue weighted by atomic mass is 32.2. The third kappa shape index (κ3) is 4.74. The molecule has 0 aliphatic heterocycles. The van der Waals surface area contributed by atoms with Crippen LogP contribution in [0.25, 0.3) is 0 Å². The van der Waals surface area contributed by atoms with Crippen LogP contribution in [0.5, 0.6) is 11.5 Å². The Labute approximate surface area is 152 Å². The number of ether oxygens (including phenoxy) is 2. The minimum Gasteiger partial charge on any atom is -0.497 e. The van der Waals surface area contributed by atoms with E-state index in [1.807, 2.05) is 0 Å². The second-order valence-corrected chi connectivity index (χ2v) is 6.99. The molecule has 0 atom stereocenters. The van der Waals surface area contributed by atoms with Gasteiger partial charge in [-0.3, -0.25) is 4.72 Å². The largest absolute Gasteiger partial charge is 0.497 e. The molecule has 0 saturated heterocycles. The first-order chi connectivity index (χ1) is 11.9. The molecule has 0 unspecified atom stereocenters. The van der Waals surface area contributed by atoms with Crippen molar-refractivity contribution in [2.24, 2.45) is 0 Å². The van der Waals surface area contributed by atoms with Crippen molar-refractivity contribution in [3.63, 3.8) is 0 Å². The summed E-state index contributed by atoms with van der Waals surface area (Å²) in [6, 6.07) is 11.1. The Hall–Kier alpha value is -2.52. The summed E-state index contributed by atoms with van der Waals surface area (Å²) in [5.41, 5.74) is 0.989. The minimum atomic E-state index is -3.76. The van der Waals surface area contributed by atoms with Gasteiger partial charge < -0.3 is 20.1 Å². The Kier molecular flexibility index (Phi) is 6.05. The fourth-order valence-electron chi connectivity index (χ4n) is 2.00. The van der Waals surface area contributed by atoms with Gasteiger partial charge in [0.1, 0.15) is 11.5 Å². The third-order valence-corrected chi connectivity index (χ3v) is 4.99. The Morgan fingerprint density at radius 1 is 1.04 bits per heavy atom. The van der Waals surface area contributed by atoms with Crippen LogP contribution in [0.4, 0.5) is 11.4 Å². The molecule has 0 heterocycles. The lowest BCUT2D eigenvalue weighted by Crippen LogP contribution is -2.24. The van der Waals surface area contributed by atoms with Crippen LogP contribution in [-0.2, 0) is 10.0 Å². The Bertz CT molecular complexity index is 852. The van der Waals surface area contributed by atoms with E-state index in [0.29, 0.717) is 28.0 Å². The van der Waals surface area contributed by atoms with Crippen LogP contribution in [0.3, 0.4) is 0 Å². The van der Waals surface area contributed by atoms with E-state index in [2.05, 4.69) is 15.4 Å². The van der Waals surface area contributed by atoms with Gasteiger partial charge >= 0.3 is 0 Å². The van der Waals surface area contributed by atoms with E-state index < -0.39 is 10.0 Å². The zero-order chi connectivity index (χ0) is 18.4. The number of sulfonamides is 1.